The molecule has 1 aromatic carbocycles. The summed E-state index contributed by atoms with van der Waals surface area (Å²) in [7, 11) is 0. The third-order valence-corrected chi connectivity index (χ3v) is 2.21. The van der Waals surface area contributed by atoms with Gasteiger partial charge in [-0.15, -0.1) is 0 Å². The fourth-order valence-corrected chi connectivity index (χ4v) is 1.31. The molecule has 1 amide bonds. The molecule has 0 aromatic heterocycles. The molecule has 0 bridgehead atoms. The second kappa shape index (κ2) is 5.51. The molecule has 1 aromatic rings. The number of hydrogen-bond acceptors (Lipinski definition) is 2. The summed E-state index contributed by atoms with van der Waals surface area (Å²) in [5.41, 5.74) is 2.14. The van der Waals surface area contributed by atoms with Gasteiger partial charge < -0.3 is 10.4 Å². The molecule has 3 heteroatoms. The van der Waals surface area contributed by atoms with Crippen molar-refractivity contribution in [2.24, 2.45) is 0 Å². The Balaban J connectivity index is 2.48. The van der Waals surface area contributed by atoms with Gasteiger partial charge in [-0.25, -0.2) is 0 Å². The molecular formula is C12H17NO2. The largest absolute Gasteiger partial charge is 0.392 e. The van der Waals surface area contributed by atoms with Crippen molar-refractivity contribution in [3.8, 4) is 0 Å². The first-order chi connectivity index (χ1) is 7.09. The van der Waals surface area contributed by atoms with E-state index in [4.69, 9.17) is 5.11 Å². The van der Waals surface area contributed by atoms with Crippen LogP contribution in [0.1, 0.15) is 18.1 Å². The van der Waals surface area contributed by atoms with Crippen LogP contribution in [0.15, 0.2) is 24.3 Å². The maximum Gasteiger partial charge on any atom is 0.224 e. The number of benzene rings is 1. The Hall–Kier alpha value is -1.35. The number of aryl methyl sites for hydroxylation is 1. The van der Waals surface area contributed by atoms with Crippen LogP contribution in [0.3, 0.4) is 0 Å². The van der Waals surface area contributed by atoms with E-state index in [1.54, 1.807) is 6.92 Å². The van der Waals surface area contributed by atoms with E-state index in [-0.39, 0.29) is 5.91 Å². The van der Waals surface area contributed by atoms with Crippen molar-refractivity contribution in [3.05, 3.63) is 35.4 Å². The Bertz CT molecular complexity index is 334. The average Bonchev–Trinajstić information content (AvgIpc) is 2.18. The van der Waals surface area contributed by atoms with E-state index in [9.17, 15) is 4.79 Å². The summed E-state index contributed by atoms with van der Waals surface area (Å²) in [6.45, 7) is 3.94. The second-order valence-corrected chi connectivity index (χ2v) is 3.76. The minimum atomic E-state index is -0.495. The highest BCUT2D eigenvalue weighted by Crippen LogP contribution is 2.07. The van der Waals surface area contributed by atoms with E-state index in [0.717, 1.165) is 11.1 Å². The van der Waals surface area contributed by atoms with Gasteiger partial charge in [0.1, 0.15) is 0 Å². The molecule has 82 valence electrons. The molecule has 0 fully saturated rings. The molecule has 3 nitrogen and oxygen atoms in total. The lowest BCUT2D eigenvalue weighted by molar-refractivity contribution is -0.120. The highest BCUT2D eigenvalue weighted by molar-refractivity contribution is 5.78. The van der Waals surface area contributed by atoms with Crippen LogP contribution in [0, 0.1) is 6.92 Å². The smallest absolute Gasteiger partial charge is 0.224 e. The fraction of sp³-hybridized carbons (Fsp3) is 0.417. The lowest BCUT2D eigenvalue weighted by Crippen LogP contribution is -2.31. The zero-order valence-electron chi connectivity index (χ0n) is 9.16. The summed E-state index contributed by atoms with van der Waals surface area (Å²) >= 11 is 0. The zero-order valence-corrected chi connectivity index (χ0v) is 9.16. The van der Waals surface area contributed by atoms with Gasteiger partial charge in [0.05, 0.1) is 12.5 Å². The van der Waals surface area contributed by atoms with Gasteiger partial charge in [0, 0.05) is 6.54 Å². The van der Waals surface area contributed by atoms with Crippen molar-refractivity contribution < 1.29 is 9.90 Å². The molecule has 0 saturated heterocycles. The monoisotopic (exact) mass is 207 g/mol. The van der Waals surface area contributed by atoms with Crippen LogP contribution < -0.4 is 5.32 Å². The lowest BCUT2D eigenvalue weighted by Gasteiger charge is -2.08. The molecule has 0 radical (unpaired) electrons. The molecule has 0 aliphatic heterocycles. The first-order valence-electron chi connectivity index (χ1n) is 5.09. The Morgan fingerprint density at radius 1 is 1.47 bits per heavy atom. The number of aliphatic hydroxyl groups excluding tert-OH is 1. The third kappa shape index (κ3) is 4.13. The number of carbonyl (C=O) groups is 1. The molecule has 15 heavy (non-hydrogen) atoms. The molecule has 0 aliphatic rings. The number of nitrogens with one attached hydrogen (secondary N) is 1. The van der Waals surface area contributed by atoms with Crippen LogP contribution in [-0.4, -0.2) is 23.7 Å². The molecule has 0 spiro atoms. The quantitative estimate of drug-likeness (QED) is 0.775. The highest BCUT2D eigenvalue weighted by atomic mass is 16.3. The minimum Gasteiger partial charge on any atom is -0.392 e. The van der Waals surface area contributed by atoms with Gasteiger partial charge >= 0.3 is 0 Å². The van der Waals surface area contributed by atoms with E-state index >= 15 is 0 Å². The molecule has 0 saturated carbocycles. The Morgan fingerprint density at radius 3 is 2.73 bits per heavy atom. The van der Waals surface area contributed by atoms with E-state index in [2.05, 4.69) is 5.32 Å². The van der Waals surface area contributed by atoms with Gasteiger partial charge in [0.25, 0.3) is 0 Å². The molecule has 1 atom stereocenters. The van der Waals surface area contributed by atoms with Crippen molar-refractivity contribution in [3.63, 3.8) is 0 Å². The summed E-state index contributed by atoms with van der Waals surface area (Å²) < 4.78 is 0. The number of amides is 1. The van der Waals surface area contributed by atoms with E-state index in [1.165, 1.54) is 0 Å². The Labute approximate surface area is 90.1 Å². The van der Waals surface area contributed by atoms with Crippen LogP contribution in [0.2, 0.25) is 0 Å². The third-order valence-electron chi connectivity index (χ3n) is 2.21. The average molecular weight is 207 g/mol. The number of carbonyl (C=O) groups excluding carboxylic acids is 1. The fourth-order valence-electron chi connectivity index (χ4n) is 1.31. The predicted molar refractivity (Wildman–Crippen MR) is 59.6 cm³/mol. The van der Waals surface area contributed by atoms with Crippen LogP contribution in [-0.2, 0) is 11.2 Å². The zero-order chi connectivity index (χ0) is 11.3. The number of rotatable bonds is 4. The maximum atomic E-state index is 11.4. The van der Waals surface area contributed by atoms with E-state index in [0.29, 0.717) is 13.0 Å². The van der Waals surface area contributed by atoms with Crippen molar-refractivity contribution in [1.29, 1.82) is 0 Å². The summed E-state index contributed by atoms with van der Waals surface area (Å²) in [4.78, 5) is 11.4. The SMILES string of the molecule is Cc1ccccc1CC(=O)NC[C@H](C)O. The van der Waals surface area contributed by atoms with E-state index < -0.39 is 6.10 Å². The standard InChI is InChI=1S/C12H17NO2/c1-9-5-3-4-6-11(9)7-12(15)13-8-10(2)14/h3-6,10,14H,7-8H2,1-2H3,(H,13,15)/t10-/m0/s1. The first-order valence-corrected chi connectivity index (χ1v) is 5.09. The topological polar surface area (TPSA) is 49.3 Å². The summed E-state index contributed by atoms with van der Waals surface area (Å²) in [5, 5.41) is 11.7. The normalized spacial score (nSPS) is 12.2. The van der Waals surface area contributed by atoms with Gasteiger partial charge in [-0.2, -0.15) is 0 Å². The molecule has 0 unspecified atom stereocenters. The Kier molecular flexibility index (Phi) is 4.31. The second-order valence-electron chi connectivity index (χ2n) is 3.76. The van der Waals surface area contributed by atoms with Gasteiger partial charge in [-0.3, -0.25) is 4.79 Å². The van der Waals surface area contributed by atoms with Crippen molar-refractivity contribution in [1.82, 2.24) is 5.32 Å². The highest BCUT2D eigenvalue weighted by Gasteiger charge is 2.05. The van der Waals surface area contributed by atoms with Gasteiger partial charge in [-0.1, -0.05) is 24.3 Å². The van der Waals surface area contributed by atoms with Gasteiger partial charge in [0.2, 0.25) is 5.91 Å². The molecule has 1 rings (SSSR count). The Morgan fingerprint density at radius 2 is 2.13 bits per heavy atom. The van der Waals surface area contributed by atoms with Crippen LogP contribution in [0.4, 0.5) is 0 Å². The number of hydrogen-bond donors (Lipinski definition) is 2. The van der Waals surface area contributed by atoms with E-state index in [1.807, 2.05) is 31.2 Å². The van der Waals surface area contributed by atoms with Gasteiger partial charge in [-0.05, 0) is 25.0 Å². The summed E-state index contributed by atoms with van der Waals surface area (Å²) in [6, 6.07) is 7.80. The van der Waals surface area contributed by atoms with Gasteiger partial charge in [0.15, 0.2) is 0 Å². The molecule has 0 aliphatic carbocycles. The van der Waals surface area contributed by atoms with Crippen molar-refractivity contribution in [2.45, 2.75) is 26.4 Å². The maximum absolute atomic E-state index is 11.4. The molecular weight excluding hydrogens is 190 g/mol. The lowest BCUT2D eigenvalue weighted by atomic mass is 10.1. The van der Waals surface area contributed by atoms with Crippen molar-refractivity contribution >= 4 is 5.91 Å². The summed E-state index contributed by atoms with van der Waals surface area (Å²) in [6.07, 6.45) is -0.120. The van der Waals surface area contributed by atoms with Crippen molar-refractivity contribution in [2.75, 3.05) is 6.54 Å². The first kappa shape index (κ1) is 11.7. The van der Waals surface area contributed by atoms with Crippen LogP contribution in [0.5, 0.6) is 0 Å². The van der Waals surface area contributed by atoms with Crippen LogP contribution in [0.25, 0.3) is 0 Å². The number of aliphatic hydroxyl groups is 1. The molecule has 0 heterocycles. The van der Waals surface area contributed by atoms with Crippen LogP contribution >= 0.6 is 0 Å². The predicted octanol–water partition coefficient (Wildman–Crippen LogP) is 1.03. The minimum absolute atomic E-state index is 0.0507. The molecule has 2 N–H and O–H groups in total. The summed E-state index contributed by atoms with van der Waals surface area (Å²) in [5.74, 6) is -0.0507.